The Hall–Kier alpha value is -4.05. The molecule has 0 saturated heterocycles. The minimum absolute atomic E-state index is 0.0995. The first-order valence-electron chi connectivity index (χ1n) is 13.6. The number of sulfonamides is 1. The molecule has 9 nitrogen and oxygen atoms in total. The third-order valence-electron chi connectivity index (χ3n) is 6.54. The van der Waals surface area contributed by atoms with Gasteiger partial charge in [-0.05, 0) is 60.9 Å². The van der Waals surface area contributed by atoms with Crippen LogP contribution in [0.5, 0.6) is 11.5 Å². The van der Waals surface area contributed by atoms with Gasteiger partial charge in [0, 0.05) is 13.1 Å². The van der Waals surface area contributed by atoms with E-state index in [-0.39, 0.29) is 12.5 Å². The van der Waals surface area contributed by atoms with Gasteiger partial charge in [0.1, 0.15) is 30.7 Å². The molecule has 0 aliphatic carbocycles. The van der Waals surface area contributed by atoms with Crippen molar-refractivity contribution in [3.8, 4) is 11.5 Å². The van der Waals surface area contributed by atoms with Crippen molar-refractivity contribution in [3.05, 3.63) is 90.0 Å². The normalized spacial score (nSPS) is 11.8. The van der Waals surface area contributed by atoms with Crippen molar-refractivity contribution in [2.75, 3.05) is 30.8 Å². The van der Waals surface area contributed by atoms with Gasteiger partial charge >= 0.3 is 0 Å². The van der Waals surface area contributed by atoms with Crippen LogP contribution in [0.3, 0.4) is 0 Å². The molecular weight excluding hydrogens is 542 g/mol. The number of carbonyl (C=O) groups is 2. The number of hydrogen-bond acceptors (Lipinski definition) is 6. The lowest BCUT2D eigenvalue weighted by Gasteiger charge is -2.31. The number of unbranched alkanes of at least 4 members (excludes halogenated alkanes) is 1. The SMILES string of the molecule is CCCCNC(=O)[C@H](C)N(Cc1cccc(OC)c1)C(=O)CN(c1ccc(OCc2ccccc2)cc1)S(C)(=O)=O. The predicted molar refractivity (Wildman–Crippen MR) is 160 cm³/mol. The van der Waals surface area contributed by atoms with Crippen molar-refractivity contribution in [2.24, 2.45) is 0 Å². The zero-order chi connectivity index (χ0) is 29.8. The maximum absolute atomic E-state index is 13.7. The molecule has 0 aliphatic rings. The van der Waals surface area contributed by atoms with E-state index in [1.54, 1.807) is 56.5 Å². The minimum atomic E-state index is -3.84. The van der Waals surface area contributed by atoms with Gasteiger partial charge in [-0.15, -0.1) is 0 Å². The number of ether oxygens (including phenoxy) is 2. The molecule has 0 aliphatic heterocycles. The summed E-state index contributed by atoms with van der Waals surface area (Å²) in [6, 6.07) is 22.6. The summed E-state index contributed by atoms with van der Waals surface area (Å²) in [5.41, 5.74) is 2.06. The first-order valence-corrected chi connectivity index (χ1v) is 15.4. The molecular formula is C31H39N3O6S. The van der Waals surface area contributed by atoms with Crippen LogP contribution in [0, 0.1) is 0 Å². The van der Waals surface area contributed by atoms with Crippen molar-refractivity contribution in [3.63, 3.8) is 0 Å². The smallest absolute Gasteiger partial charge is 0.244 e. The van der Waals surface area contributed by atoms with Gasteiger partial charge in [-0.3, -0.25) is 13.9 Å². The largest absolute Gasteiger partial charge is 0.497 e. The fraction of sp³-hybridized carbons (Fsp3) is 0.355. The number of hydrogen-bond donors (Lipinski definition) is 1. The second-order valence-corrected chi connectivity index (χ2v) is 11.6. The van der Waals surface area contributed by atoms with Gasteiger partial charge in [0.15, 0.2) is 0 Å². The van der Waals surface area contributed by atoms with Gasteiger partial charge in [0.2, 0.25) is 21.8 Å². The Morgan fingerprint density at radius 2 is 1.61 bits per heavy atom. The Morgan fingerprint density at radius 1 is 0.927 bits per heavy atom. The average molecular weight is 582 g/mol. The van der Waals surface area contributed by atoms with E-state index < -0.39 is 28.5 Å². The van der Waals surface area contributed by atoms with Crippen LogP contribution in [0.25, 0.3) is 0 Å². The highest BCUT2D eigenvalue weighted by Gasteiger charge is 2.30. The standard InChI is InChI=1S/C31H39N3O6S/c1-5-6-19-32-31(36)24(2)33(21-26-13-10-14-29(20-26)39-3)30(35)22-34(41(4,37)38)27-15-17-28(18-16-27)40-23-25-11-8-7-9-12-25/h7-18,20,24H,5-6,19,21-23H2,1-4H3,(H,32,36)/t24-/m0/s1. The lowest BCUT2D eigenvalue weighted by atomic mass is 10.1. The Kier molecular flexibility index (Phi) is 11.6. The van der Waals surface area contributed by atoms with Crippen LogP contribution in [0.1, 0.15) is 37.8 Å². The molecule has 0 heterocycles. The number of nitrogens with zero attached hydrogens (tertiary/aromatic N) is 2. The van der Waals surface area contributed by atoms with Gasteiger partial charge in [0.25, 0.3) is 0 Å². The van der Waals surface area contributed by atoms with E-state index in [1.165, 1.54) is 4.90 Å². The molecule has 3 aromatic carbocycles. The summed E-state index contributed by atoms with van der Waals surface area (Å²) in [6.45, 7) is 4.15. The molecule has 41 heavy (non-hydrogen) atoms. The van der Waals surface area contributed by atoms with E-state index in [1.807, 2.05) is 43.3 Å². The first-order chi connectivity index (χ1) is 19.6. The monoisotopic (exact) mass is 581 g/mol. The van der Waals surface area contributed by atoms with Crippen LogP contribution in [0.4, 0.5) is 5.69 Å². The molecule has 0 spiro atoms. The van der Waals surface area contributed by atoms with Crippen molar-refractivity contribution in [2.45, 2.75) is 45.9 Å². The fourth-order valence-corrected chi connectivity index (χ4v) is 5.00. The van der Waals surface area contributed by atoms with Crippen LogP contribution in [0.15, 0.2) is 78.9 Å². The molecule has 0 radical (unpaired) electrons. The Labute approximate surface area is 243 Å². The summed E-state index contributed by atoms with van der Waals surface area (Å²) in [4.78, 5) is 28.1. The molecule has 0 aromatic heterocycles. The van der Waals surface area contributed by atoms with Crippen molar-refractivity contribution in [1.82, 2.24) is 10.2 Å². The maximum atomic E-state index is 13.7. The van der Waals surface area contributed by atoms with E-state index >= 15 is 0 Å². The summed E-state index contributed by atoms with van der Waals surface area (Å²) >= 11 is 0. The van der Waals surface area contributed by atoms with Crippen LogP contribution < -0.4 is 19.1 Å². The Bertz CT molecular complexity index is 1380. The number of carbonyl (C=O) groups excluding carboxylic acids is 2. The van der Waals surface area contributed by atoms with Crippen LogP contribution in [-0.2, 0) is 32.8 Å². The number of benzene rings is 3. The molecule has 220 valence electrons. The maximum Gasteiger partial charge on any atom is 0.244 e. The van der Waals surface area contributed by atoms with Gasteiger partial charge in [0.05, 0.1) is 19.1 Å². The molecule has 0 saturated carbocycles. The fourth-order valence-electron chi connectivity index (χ4n) is 4.15. The molecule has 3 rings (SSSR count). The summed E-state index contributed by atoms with van der Waals surface area (Å²) in [5, 5.41) is 2.87. The zero-order valence-corrected chi connectivity index (χ0v) is 24.9. The second kappa shape index (κ2) is 15.1. The van der Waals surface area contributed by atoms with Gasteiger partial charge < -0.3 is 19.7 Å². The minimum Gasteiger partial charge on any atom is -0.497 e. The third kappa shape index (κ3) is 9.53. The van der Waals surface area contributed by atoms with E-state index in [0.29, 0.717) is 30.3 Å². The van der Waals surface area contributed by atoms with E-state index in [0.717, 1.165) is 34.5 Å². The molecule has 0 bridgehead atoms. The van der Waals surface area contributed by atoms with Crippen LogP contribution >= 0.6 is 0 Å². The molecule has 0 fully saturated rings. The molecule has 1 atom stereocenters. The second-order valence-electron chi connectivity index (χ2n) is 9.73. The van der Waals surface area contributed by atoms with Crippen molar-refractivity contribution in [1.29, 1.82) is 0 Å². The summed E-state index contributed by atoms with van der Waals surface area (Å²) < 4.78 is 37.8. The summed E-state index contributed by atoms with van der Waals surface area (Å²) in [5.74, 6) is 0.359. The zero-order valence-electron chi connectivity index (χ0n) is 24.1. The Morgan fingerprint density at radius 3 is 2.24 bits per heavy atom. The highest BCUT2D eigenvalue weighted by molar-refractivity contribution is 7.92. The lowest BCUT2D eigenvalue weighted by Crippen LogP contribution is -2.51. The number of amides is 2. The van der Waals surface area contributed by atoms with Crippen molar-refractivity contribution >= 4 is 27.5 Å². The molecule has 0 unspecified atom stereocenters. The third-order valence-corrected chi connectivity index (χ3v) is 7.68. The van der Waals surface area contributed by atoms with Crippen LogP contribution in [0.2, 0.25) is 0 Å². The van der Waals surface area contributed by atoms with Crippen molar-refractivity contribution < 1.29 is 27.5 Å². The molecule has 1 N–H and O–H groups in total. The van der Waals surface area contributed by atoms with Gasteiger partial charge in [-0.25, -0.2) is 8.42 Å². The molecule has 10 heteroatoms. The van der Waals surface area contributed by atoms with E-state index in [9.17, 15) is 18.0 Å². The topological polar surface area (TPSA) is 105 Å². The number of rotatable bonds is 15. The highest BCUT2D eigenvalue weighted by Crippen LogP contribution is 2.23. The van der Waals surface area contributed by atoms with Gasteiger partial charge in [-0.2, -0.15) is 0 Å². The lowest BCUT2D eigenvalue weighted by molar-refractivity contribution is -0.139. The average Bonchev–Trinajstić information content (AvgIpc) is 2.97. The molecule has 2 amide bonds. The van der Waals surface area contributed by atoms with Crippen LogP contribution in [-0.4, -0.2) is 57.6 Å². The number of methoxy groups -OCH3 is 1. The van der Waals surface area contributed by atoms with E-state index in [4.69, 9.17) is 9.47 Å². The van der Waals surface area contributed by atoms with Gasteiger partial charge in [-0.1, -0.05) is 55.8 Å². The summed E-state index contributed by atoms with van der Waals surface area (Å²) in [6.07, 6.45) is 2.78. The summed E-state index contributed by atoms with van der Waals surface area (Å²) in [7, 11) is -2.29. The number of nitrogens with one attached hydrogen (secondary N) is 1. The quantitative estimate of drug-likeness (QED) is 0.267. The highest BCUT2D eigenvalue weighted by atomic mass is 32.2. The van der Waals surface area contributed by atoms with E-state index in [2.05, 4.69) is 5.32 Å². The Balaban J connectivity index is 1.81. The number of anilines is 1. The predicted octanol–water partition coefficient (Wildman–Crippen LogP) is 4.37. The first kappa shape index (κ1) is 31.5. The molecule has 3 aromatic rings.